The zero-order valence-electron chi connectivity index (χ0n) is 16.7. The predicted octanol–water partition coefficient (Wildman–Crippen LogP) is 3.57. The van der Waals surface area contributed by atoms with Gasteiger partial charge < -0.3 is 9.80 Å². The molecule has 2 heterocycles. The van der Waals surface area contributed by atoms with Crippen LogP contribution in [0.25, 0.3) is 0 Å². The lowest BCUT2D eigenvalue weighted by atomic mass is 10.3. The van der Waals surface area contributed by atoms with Crippen LogP contribution in [0.1, 0.15) is 19.8 Å². The number of unbranched alkanes of at least 4 members (excludes halogenated alkanes) is 1. The van der Waals surface area contributed by atoms with E-state index in [4.69, 9.17) is 4.98 Å². The van der Waals surface area contributed by atoms with Gasteiger partial charge >= 0.3 is 0 Å². The maximum absolute atomic E-state index is 5.00. The molecule has 1 aliphatic rings. The summed E-state index contributed by atoms with van der Waals surface area (Å²) in [5.74, 6) is 4.07. The third-order valence-corrected chi connectivity index (χ3v) is 9.54. The molecule has 5 heteroatoms. The van der Waals surface area contributed by atoms with Crippen molar-refractivity contribution in [2.75, 3.05) is 31.1 Å². The highest BCUT2D eigenvalue weighted by atomic mass is 28.3. The fraction of sp³-hybridized carbons (Fsp3) is 0.455. The van der Waals surface area contributed by atoms with Crippen molar-refractivity contribution in [2.45, 2.75) is 37.9 Å². The fourth-order valence-electron chi connectivity index (χ4n) is 3.50. The molecule has 0 unspecified atom stereocenters. The molecule has 0 amide bonds. The van der Waals surface area contributed by atoms with E-state index in [1.807, 2.05) is 24.4 Å². The van der Waals surface area contributed by atoms with Crippen molar-refractivity contribution >= 4 is 19.3 Å². The zero-order chi connectivity index (χ0) is 19.5. The Hall–Kier alpha value is -2.32. The number of allylic oxidation sites excluding steroid dienone is 3. The standard InChI is InChI=1S/C22H32N4Si/c1-5-9-10-13-25-14-16-26(17-15-25)22-23-12-11-21(24-22)27(18-6-2,19-7-3)20-8-4/h6-8,11-12H,2-5,9,14-20H2,1H3. The van der Waals surface area contributed by atoms with Crippen LogP contribution < -0.4 is 10.2 Å². The van der Waals surface area contributed by atoms with Gasteiger partial charge in [-0.3, -0.25) is 0 Å². The van der Waals surface area contributed by atoms with Gasteiger partial charge in [0.15, 0.2) is 0 Å². The van der Waals surface area contributed by atoms with Gasteiger partial charge in [-0.05, 0) is 30.6 Å². The lowest BCUT2D eigenvalue weighted by Crippen LogP contribution is -2.50. The van der Waals surface area contributed by atoms with Gasteiger partial charge in [0, 0.05) is 50.2 Å². The van der Waals surface area contributed by atoms with E-state index in [0.717, 1.165) is 63.1 Å². The molecule has 0 N–H and O–H groups in total. The maximum atomic E-state index is 5.00. The van der Waals surface area contributed by atoms with Crippen molar-refractivity contribution < 1.29 is 0 Å². The molecule has 1 fully saturated rings. The molecule has 0 aliphatic carbocycles. The first-order valence-electron chi connectivity index (χ1n) is 9.83. The zero-order valence-corrected chi connectivity index (χ0v) is 17.7. The van der Waals surface area contributed by atoms with E-state index in [1.165, 1.54) is 5.32 Å². The number of rotatable bonds is 9. The minimum absolute atomic E-state index is 0.836. The Morgan fingerprint density at radius 2 is 1.70 bits per heavy atom. The van der Waals surface area contributed by atoms with Crippen LogP contribution in [0.15, 0.2) is 50.2 Å². The van der Waals surface area contributed by atoms with Gasteiger partial charge in [-0.25, -0.2) is 9.97 Å². The van der Waals surface area contributed by atoms with E-state index in [0.29, 0.717) is 0 Å². The van der Waals surface area contributed by atoms with Gasteiger partial charge in [-0.2, -0.15) is 0 Å². The summed E-state index contributed by atoms with van der Waals surface area (Å²) >= 11 is 0. The molecule has 1 aromatic heterocycles. The number of hydrogen-bond acceptors (Lipinski definition) is 4. The van der Waals surface area contributed by atoms with Crippen molar-refractivity contribution in [1.29, 1.82) is 0 Å². The normalized spacial score (nSPS) is 14.3. The van der Waals surface area contributed by atoms with Crippen LogP contribution in [0.5, 0.6) is 0 Å². The van der Waals surface area contributed by atoms with Gasteiger partial charge in [0.25, 0.3) is 0 Å². The molecule has 2 rings (SSSR count). The fourth-order valence-corrected chi connectivity index (χ4v) is 7.05. The van der Waals surface area contributed by atoms with E-state index in [2.05, 4.69) is 59.5 Å². The van der Waals surface area contributed by atoms with Gasteiger partial charge in [-0.15, -0.1) is 19.7 Å². The van der Waals surface area contributed by atoms with Crippen molar-refractivity contribution in [3.63, 3.8) is 0 Å². The Balaban J connectivity index is 2.17. The second kappa shape index (κ2) is 10.7. The lowest BCUT2D eigenvalue weighted by Gasteiger charge is -2.34. The Kier molecular flexibility index (Phi) is 8.34. The summed E-state index contributed by atoms with van der Waals surface area (Å²) in [6.07, 6.45) is 10.0. The van der Waals surface area contributed by atoms with Gasteiger partial charge in [0.2, 0.25) is 5.95 Å². The number of piperazine rings is 1. The largest absolute Gasteiger partial charge is 0.337 e. The van der Waals surface area contributed by atoms with E-state index in [-0.39, 0.29) is 0 Å². The molecule has 0 spiro atoms. The smallest absolute Gasteiger partial charge is 0.225 e. The van der Waals surface area contributed by atoms with E-state index >= 15 is 0 Å². The summed E-state index contributed by atoms with van der Waals surface area (Å²) in [5.41, 5.74) is 0. The molecule has 0 aromatic carbocycles. The number of anilines is 1. The Bertz CT molecular complexity index is 669. The molecule has 4 nitrogen and oxygen atoms in total. The molecule has 0 bridgehead atoms. The van der Waals surface area contributed by atoms with Crippen molar-refractivity contribution in [3.05, 3.63) is 50.2 Å². The Morgan fingerprint density at radius 1 is 1.07 bits per heavy atom. The number of nitrogens with zero attached hydrogens (tertiary/aromatic N) is 4. The second-order valence-corrected chi connectivity index (χ2v) is 11.3. The third kappa shape index (κ3) is 5.57. The SMILES string of the molecule is C=CC[Si](CC=C)(CC=C)c1ccnc(N2CCN(C#CCCC)CC2)n1. The second-order valence-electron chi connectivity index (χ2n) is 7.01. The number of aromatic nitrogens is 2. The summed E-state index contributed by atoms with van der Waals surface area (Å²) < 4.78 is 0. The lowest BCUT2D eigenvalue weighted by molar-refractivity contribution is 0.366. The summed E-state index contributed by atoms with van der Waals surface area (Å²) in [6.45, 7) is 17.8. The number of hydrogen-bond donors (Lipinski definition) is 0. The molecule has 0 atom stereocenters. The first kappa shape index (κ1) is 21.0. The Labute approximate surface area is 165 Å². The molecular weight excluding hydrogens is 348 g/mol. The molecule has 1 aliphatic heterocycles. The highest BCUT2D eigenvalue weighted by molar-refractivity contribution is 6.92. The molecule has 0 radical (unpaired) electrons. The highest BCUT2D eigenvalue weighted by Gasteiger charge is 2.33. The minimum Gasteiger partial charge on any atom is -0.337 e. The van der Waals surface area contributed by atoms with E-state index in [1.54, 1.807) is 0 Å². The molecular formula is C22H32N4Si. The molecule has 27 heavy (non-hydrogen) atoms. The maximum Gasteiger partial charge on any atom is 0.225 e. The van der Waals surface area contributed by atoms with Crippen LogP contribution in [-0.2, 0) is 0 Å². The summed E-state index contributed by atoms with van der Waals surface area (Å²) in [6, 6.07) is 8.28. The Morgan fingerprint density at radius 3 is 2.26 bits per heavy atom. The summed E-state index contributed by atoms with van der Waals surface area (Å²) in [7, 11) is -1.87. The van der Waals surface area contributed by atoms with Crippen LogP contribution in [0.4, 0.5) is 5.95 Å². The molecule has 0 saturated carbocycles. The van der Waals surface area contributed by atoms with Crippen molar-refractivity contribution in [2.24, 2.45) is 0 Å². The topological polar surface area (TPSA) is 32.3 Å². The van der Waals surface area contributed by atoms with E-state index in [9.17, 15) is 0 Å². The monoisotopic (exact) mass is 380 g/mol. The van der Waals surface area contributed by atoms with Gasteiger partial charge in [0.05, 0.1) is 0 Å². The quantitative estimate of drug-likeness (QED) is 0.372. The average molecular weight is 381 g/mol. The van der Waals surface area contributed by atoms with Crippen molar-refractivity contribution in [1.82, 2.24) is 14.9 Å². The average Bonchev–Trinajstić information content (AvgIpc) is 2.69. The van der Waals surface area contributed by atoms with Crippen LogP contribution in [-0.4, -0.2) is 49.1 Å². The van der Waals surface area contributed by atoms with Gasteiger partial charge in [0.1, 0.15) is 8.07 Å². The van der Waals surface area contributed by atoms with Crippen LogP contribution in [0, 0.1) is 12.0 Å². The molecule has 144 valence electrons. The molecule has 1 saturated heterocycles. The minimum atomic E-state index is -1.87. The summed E-state index contributed by atoms with van der Waals surface area (Å²) in [4.78, 5) is 14.1. The third-order valence-electron chi connectivity index (χ3n) is 4.97. The van der Waals surface area contributed by atoms with Crippen LogP contribution >= 0.6 is 0 Å². The predicted molar refractivity (Wildman–Crippen MR) is 119 cm³/mol. The van der Waals surface area contributed by atoms with Gasteiger partial charge in [-0.1, -0.05) is 31.1 Å². The summed E-state index contributed by atoms with van der Waals surface area (Å²) in [5, 5.41) is 1.18. The van der Waals surface area contributed by atoms with Crippen LogP contribution in [0.3, 0.4) is 0 Å². The first-order chi connectivity index (χ1) is 13.2. The van der Waals surface area contributed by atoms with Crippen LogP contribution in [0.2, 0.25) is 18.1 Å². The van der Waals surface area contributed by atoms with E-state index < -0.39 is 8.07 Å². The van der Waals surface area contributed by atoms with Crippen molar-refractivity contribution in [3.8, 4) is 12.0 Å². The first-order valence-corrected chi connectivity index (χ1v) is 12.5. The highest BCUT2D eigenvalue weighted by Crippen LogP contribution is 2.23. The molecule has 1 aromatic rings.